The Kier molecular flexibility index (Phi) is 4.40. The Morgan fingerprint density at radius 1 is 1.16 bits per heavy atom. The molecule has 0 fully saturated rings. The van der Waals surface area contributed by atoms with Crippen molar-refractivity contribution >= 4 is 39.4 Å². The smallest absolute Gasteiger partial charge is 0.189 e. The lowest BCUT2D eigenvalue weighted by Gasteiger charge is -2.01. The molecule has 0 amide bonds. The fourth-order valence-electron chi connectivity index (χ4n) is 1.54. The van der Waals surface area contributed by atoms with Crippen LogP contribution in [0.25, 0.3) is 6.08 Å². The molecule has 19 heavy (non-hydrogen) atoms. The van der Waals surface area contributed by atoms with Gasteiger partial charge in [-0.25, -0.2) is 0 Å². The van der Waals surface area contributed by atoms with Crippen molar-refractivity contribution in [2.24, 2.45) is 0 Å². The largest absolute Gasteiger partial charge is 0.507 e. The van der Waals surface area contributed by atoms with Crippen LogP contribution in [0.1, 0.15) is 15.9 Å². The summed E-state index contributed by atoms with van der Waals surface area (Å²) >= 11 is 9.14. The van der Waals surface area contributed by atoms with Gasteiger partial charge in [0.2, 0.25) is 0 Å². The second kappa shape index (κ2) is 6.04. The number of hydrogen-bond donors (Lipinski definition) is 1. The zero-order chi connectivity index (χ0) is 13.8. The van der Waals surface area contributed by atoms with E-state index in [4.69, 9.17) is 11.6 Å². The maximum atomic E-state index is 11.9. The molecule has 0 spiro atoms. The molecule has 0 saturated heterocycles. The minimum absolute atomic E-state index is 0.0742. The van der Waals surface area contributed by atoms with Crippen LogP contribution in [-0.2, 0) is 0 Å². The van der Waals surface area contributed by atoms with Crippen LogP contribution in [0.5, 0.6) is 5.75 Å². The highest BCUT2D eigenvalue weighted by Crippen LogP contribution is 2.22. The van der Waals surface area contributed by atoms with Crippen LogP contribution in [-0.4, -0.2) is 10.9 Å². The molecule has 0 aliphatic carbocycles. The first kappa shape index (κ1) is 13.8. The molecule has 0 bridgehead atoms. The highest BCUT2D eigenvalue weighted by Gasteiger charge is 2.08. The molecule has 1 N–H and O–H groups in total. The summed E-state index contributed by atoms with van der Waals surface area (Å²) < 4.78 is 0.975. The van der Waals surface area contributed by atoms with E-state index in [1.54, 1.807) is 6.08 Å². The molecule has 96 valence electrons. The molecule has 4 heteroatoms. The van der Waals surface area contributed by atoms with Gasteiger partial charge in [0.15, 0.2) is 5.78 Å². The van der Waals surface area contributed by atoms with Gasteiger partial charge in [0, 0.05) is 9.50 Å². The summed E-state index contributed by atoms with van der Waals surface area (Å²) in [6, 6.07) is 11.9. The van der Waals surface area contributed by atoms with Gasteiger partial charge in [-0.1, -0.05) is 45.7 Å². The summed E-state index contributed by atoms with van der Waals surface area (Å²) in [5, 5.41) is 10.0. The van der Waals surface area contributed by atoms with Crippen LogP contribution < -0.4 is 0 Å². The van der Waals surface area contributed by atoms with Gasteiger partial charge in [0.1, 0.15) is 5.75 Å². The zero-order valence-electron chi connectivity index (χ0n) is 9.81. The Balaban J connectivity index is 2.21. The van der Waals surface area contributed by atoms with E-state index in [0.717, 1.165) is 10.0 Å². The lowest BCUT2D eigenvalue weighted by molar-refractivity contribution is 0.104. The van der Waals surface area contributed by atoms with Crippen molar-refractivity contribution < 1.29 is 9.90 Å². The molecule has 0 aliphatic rings. The topological polar surface area (TPSA) is 37.3 Å². The van der Waals surface area contributed by atoms with Crippen LogP contribution in [0.4, 0.5) is 0 Å². The average molecular weight is 338 g/mol. The highest BCUT2D eigenvalue weighted by atomic mass is 79.9. The fraction of sp³-hybridized carbons (Fsp3) is 0. The van der Waals surface area contributed by atoms with Crippen LogP contribution in [0.15, 0.2) is 53.0 Å². The van der Waals surface area contributed by atoms with E-state index in [-0.39, 0.29) is 17.1 Å². The van der Waals surface area contributed by atoms with E-state index in [1.165, 1.54) is 24.3 Å². The first-order valence-electron chi connectivity index (χ1n) is 5.53. The summed E-state index contributed by atoms with van der Waals surface area (Å²) in [6.45, 7) is 0. The molecule has 2 aromatic rings. The predicted octanol–water partition coefficient (Wildman–Crippen LogP) is 4.70. The van der Waals surface area contributed by atoms with Gasteiger partial charge in [0.05, 0.1) is 5.56 Å². The number of benzene rings is 2. The van der Waals surface area contributed by atoms with Crippen LogP contribution in [0, 0.1) is 0 Å². The number of phenols is 1. The molecule has 0 saturated carbocycles. The summed E-state index contributed by atoms with van der Waals surface area (Å²) in [5.41, 5.74) is 1.10. The molecule has 0 heterocycles. The Bertz CT molecular complexity index is 633. The standard InChI is InChI=1S/C15H10BrClO2/c16-11-4-1-10(2-5-11)3-7-14(18)13-9-12(17)6-8-15(13)19/h1-9,19H/b7-3+. The van der Waals surface area contributed by atoms with Gasteiger partial charge in [-0.15, -0.1) is 0 Å². The number of phenolic OH excluding ortho intramolecular Hbond substituents is 1. The van der Waals surface area contributed by atoms with Crippen molar-refractivity contribution in [2.75, 3.05) is 0 Å². The molecule has 0 aromatic heterocycles. The van der Waals surface area contributed by atoms with Crippen molar-refractivity contribution in [1.82, 2.24) is 0 Å². The molecule has 0 radical (unpaired) electrons. The van der Waals surface area contributed by atoms with E-state index < -0.39 is 0 Å². The van der Waals surface area contributed by atoms with Crippen molar-refractivity contribution in [3.63, 3.8) is 0 Å². The van der Waals surface area contributed by atoms with Crippen molar-refractivity contribution in [1.29, 1.82) is 0 Å². The first-order chi connectivity index (χ1) is 9.06. The molecule has 0 atom stereocenters. The first-order valence-corrected chi connectivity index (χ1v) is 6.70. The van der Waals surface area contributed by atoms with Gasteiger partial charge >= 0.3 is 0 Å². The quantitative estimate of drug-likeness (QED) is 0.651. The van der Waals surface area contributed by atoms with E-state index in [1.807, 2.05) is 24.3 Å². The maximum absolute atomic E-state index is 11.9. The second-order valence-corrected chi connectivity index (χ2v) is 5.26. The molecule has 2 nitrogen and oxygen atoms in total. The molecule has 2 rings (SSSR count). The predicted molar refractivity (Wildman–Crippen MR) is 80.6 cm³/mol. The van der Waals surface area contributed by atoms with Gasteiger partial charge in [-0.05, 0) is 42.0 Å². The maximum Gasteiger partial charge on any atom is 0.189 e. The summed E-state index contributed by atoms with van der Waals surface area (Å²) in [6.07, 6.45) is 3.10. The summed E-state index contributed by atoms with van der Waals surface area (Å²) in [7, 11) is 0. The number of aromatic hydroxyl groups is 1. The summed E-state index contributed by atoms with van der Waals surface area (Å²) in [4.78, 5) is 11.9. The van der Waals surface area contributed by atoms with Crippen LogP contribution >= 0.6 is 27.5 Å². The summed E-state index contributed by atoms with van der Waals surface area (Å²) in [5.74, 6) is -0.363. The Labute approximate surface area is 124 Å². The lowest BCUT2D eigenvalue weighted by Crippen LogP contribution is -1.94. The highest BCUT2D eigenvalue weighted by molar-refractivity contribution is 9.10. The van der Waals surface area contributed by atoms with Gasteiger partial charge in [0.25, 0.3) is 0 Å². The molecule has 2 aromatic carbocycles. The molecular weight excluding hydrogens is 328 g/mol. The number of carbonyl (C=O) groups is 1. The van der Waals surface area contributed by atoms with Crippen molar-refractivity contribution in [3.05, 3.63) is 69.2 Å². The fourth-order valence-corrected chi connectivity index (χ4v) is 1.98. The Hall–Kier alpha value is -1.58. The number of halogens is 2. The molecule has 0 unspecified atom stereocenters. The van der Waals surface area contributed by atoms with E-state index in [0.29, 0.717) is 5.02 Å². The normalized spacial score (nSPS) is 10.8. The monoisotopic (exact) mass is 336 g/mol. The number of hydrogen-bond acceptors (Lipinski definition) is 2. The minimum atomic E-state index is -0.289. The second-order valence-electron chi connectivity index (χ2n) is 3.91. The number of carbonyl (C=O) groups excluding carboxylic acids is 1. The van der Waals surface area contributed by atoms with Crippen molar-refractivity contribution in [3.8, 4) is 5.75 Å². The third kappa shape index (κ3) is 3.69. The lowest BCUT2D eigenvalue weighted by atomic mass is 10.1. The third-order valence-electron chi connectivity index (χ3n) is 2.52. The Morgan fingerprint density at radius 3 is 2.53 bits per heavy atom. The van der Waals surface area contributed by atoms with Crippen LogP contribution in [0.2, 0.25) is 5.02 Å². The minimum Gasteiger partial charge on any atom is -0.507 e. The van der Waals surface area contributed by atoms with Gasteiger partial charge < -0.3 is 5.11 Å². The molecular formula is C15H10BrClO2. The number of allylic oxidation sites excluding steroid dienone is 1. The SMILES string of the molecule is O=C(/C=C/c1ccc(Br)cc1)c1cc(Cl)ccc1O. The van der Waals surface area contributed by atoms with E-state index in [9.17, 15) is 9.90 Å². The average Bonchev–Trinajstić information content (AvgIpc) is 2.40. The van der Waals surface area contributed by atoms with E-state index >= 15 is 0 Å². The van der Waals surface area contributed by atoms with Crippen molar-refractivity contribution in [2.45, 2.75) is 0 Å². The zero-order valence-corrected chi connectivity index (χ0v) is 12.1. The van der Waals surface area contributed by atoms with Gasteiger partial charge in [-0.3, -0.25) is 4.79 Å². The van der Waals surface area contributed by atoms with E-state index in [2.05, 4.69) is 15.9 Å². The van der Waals surface area contributed by atoms with Crippen LogP contribution in [0.3, 0.4) is 0 Å². The molecule has 0 aliphatic heterocycles. The van der Waals surface area contributed by atoms with Gasteiger partial charge in [-0.2, -0.15) is 0 Å². The third-order valence-corrected chi connectivity index (χ3v) is 3.28. The number of ketones is 1. The Morgan fingerprint density at radius 2 is 1.84 bits per heavy atom. The number of rotatable bonds is 3.